The second kappa shape index (κ2) is 4.35. The fourth-order valence-corrected chi connectivity index (χ4v) is 1.40. The molecule has 82 valence electrons. The lowest BCUT2D eigenvalue weighted by Crippen LogP contribution is -2.31. The molecule has 0 aliphatic carbocycles. The van der Waals surface area contributed by atoms with Crippen LogP contribution in [0.2, 0.25) is 0 Å². The highest BCUT2D eigenvalue weighted by Gasteiger charge is 2.27. The van der Waals surface area contributed by atoms with Gasteiger partial charge in [-0.1, -0.05) is 12.1 Å². The summed E-state index contributed by atoms with van der Waals surface area (Å²) in [5.41, 5.74) is 5.19. The van der Waals surface area contributed by atoms with Crippen LogP contribution in [0.4, 0.5) is 8.78 Å². The summed E-state index contributed by atoms with van der Waals surface area (Å²) in [4.78, 5) is 10.8. The van der Waals surface area contributed by atoms with Crippen molar-refractivity contribution in [1.29, 1.82) is 0 Å². The molecule has 0 heterocycles. The van der Waals surface area contributed by atoms with Crippen molar-refractivity contribution in [2.24, 2.45) is 5.73 Å². The average Bonchev–Trinajstić information content (AvgIpc) is 2.11. The number of aliphatic carboxylic acids is 1. The second-order valence-electron chi connectivity index (χ2n) is 3.32. The molecular weight excluding hydrogens is 204 g/mol. The van der Waals surface area contributed by atoms with Gasteiger partial charge in [0.2, 0.25) is 0 Å². The van der Waals surface area contributed by atoms with Crippen molar-refractivity contribution in [3.63, 3.8) is 0 Å². The number of nitrogens with two attached hydrogens (primary N) is 1. The van der Waals surface area contributed by atoms with E-state index in [0.717, 1.165) is 6.07 Å². The number of carboxylic acids is 1. The number of benzene rings is 1. The first-order valence-electron chi connectivity index (χ1n) is 4.37. The molecule has 0 fully saturated rings. The number of rotatable bonds is 3. The van der Waals surface area contributed by atoms with E-state index in [2.05, 4.69) is 0 Å². The minimum absolute atomic E-state index is 0.225. The maximum atomic E-state index is 13.3. The molecule has 1 aromatic rings. The maximum Gasteiger partial charge on any atom is 0.312 e. The first-order chi connectivity index (χ1) is 6.95. The van der Waals surface area contributed by atoms with Gasteiger partial charge in [-0.2, -0.15) is 0 Å². The third-order valence-electron chi connectivity index (χ3n) is 2.11. The average molecular weight is 215 g/mol. The minimum Gasteiger partial charge on any atom is -0.481 e. The van der Waals surface area contributed by atoms with Crippen LogP contribution in [0.1, 0.15) is 18.4 Å². The highest BCUT2D eigenvalue weighted by Crippen LogP contribution is 2.23. The van der Waals surface area contributed by atoms with Gasteiger partial charge in [0.1, 0.15) is 0 Å². The molecule has 0 bridgehead atoms. The van der Waals surface area contributed by atoms with Crippen LogP contribution in [0.25, 0.3) is 0 Å². The molecule has 1 aromatic carbocycles. The Bertz CT molecular complexity index is 380. The van der Waals surface area contributed by atoms with Crippen LogP contribution in [0.3, 0.4) is 0 Å². The zero-order chi connectivity index (χ0) is 11.6. The van der Waals surface area contributed by atoms with Crippen molar-refractivity contribution in [3.8, 4) is 0 Å². The monoisotopic (exact) mass is 215 g/mol. The van der Waals surface area contributed by atoms with E-state index in [1.54, 1.807) is 0 Å². The second-order valence-corrected chi connectivity index (χ2v) is 3.32. The van der Waals surface area contributed by atoms with Gasteiger partial charge in [0.05, 0.1) is 5.92 Å². The first kappa shape index (κ1) is 11.6. The van der Waals surface area contributed by atoms with E-state index in [1.807, 2.05) is 0 Å². The number of carboxylic acid groups (broad SMARTS) is 1. The van der Waals surface area contributed by atoms with E-state index in [0.29, 0.717) is 0 Å². The highest BCUT2D eigenvalue weighted by atomic mass is 19.2. The lowest BCUT2D eigenvalue weighted by Gasteiger charge is -2.17. The van der Waals surface area contributed by atoms with Gasteiger partial charge in [-0.05, 0) is 13.0 Å². The molecule has 0 radical (unpaired) electrons. The molecular formula is C10H11F2NO2. The van der Waals surface area contributed by atoms with Gasteiger partial charge in [0.25, 0.3) is 0 Å². The summed E-state index contributed by atoms with van der Waals surface area (Å²) in [6.45, 7) is 1.43. The van der Waals surface area contributed by atoms with Crippen LogP contribution in [0.15, 0.2) is 18.2 Å². The van der Waals surface area contributed by atoms with E-state index in [-0.39, 0.29) is 5.56 Å². The molecule has 0 aromatic heterocycles. The normalized spacial score (nSPS) is 14.7. The molecule has 0 saturated heterocycles. The Morgan fingerprint density at radius 2 is 2.07 bits per heavy atom. The Morgan fingerprint density at radius 1 is 1.47 bits per heavy atom. The molecule has 2 atom stereocenters. The molecule has 3 nitrogen and oxygen atoms in total. The molecule has 0 aliphatic heterocycles. The lowest BCUT2D eigenvalue weighted by atomic mass is 9.92. The summed E-state index contributed by atoms with van der Waals surface area (Å²) >= 11 is 0. The predicted octanol–water partition coefficient (Wildman–Crippen LogP) is 1.48. The van der Waals surface area contributed by atoms with Crippen LogP contribution in [0, 0.1) is 11.6 Å². The summed E-state index contributed by atoms with van der Waals surface area (Å²) in [7, 11) is 0. The van der Waals surface area contributed by atoms with E-state index >= 15 is 0 Å². The molecule has 0 aliphatic rings. The number of hydrogen-bond donors (Lipinski definition) is 2. The topological polar surface area (TPSA) is 63.3 Å². The van der Waals surface area contributed by atoms with Crippen LogP contribution in [-0.2, 0) is 4.79 Å². The first-order valence-corrected chi connectivity index (χ1v) is 4.37. The number of halogens is 2. The van der Waals surface area contributed by atoms with Gasteiger partial charge in [-0.25, -0.2) is 8.78 Å². The number of hydrogen-bond acceptors (Lipinski definition) is 2. The highest BCUT2D eigenvalue weighted by molar-refractivity contribution is 5.77. The zero-order valence-corrected chi connectivity index (χ0v) is 8.08. The van der Waals surface area contributed by atoms with Crippen LogP contribution < -0.4 is 5.73 Å². The van der Waals surface area contributed by atoms with Crippen LogP contribution in [-0.4, -0.2) is 17.1 Å². The predicted molar refractivity (Wildman–Crippen MR) is 50.4 cm³/mol. The molecule has 0 spiro atoms. The zero-order valence-electron chi connectivity index (χ0n) is 8.08. The SMILES string of the molecule is CC(N)C(C(=O)O)c1cccc(F)c1F. The van der Waals surface area contributed by atoms with E-state index in [4.69, 9.17) is 10.8 Å². The van der Waals surface area contributed by atoms with Crippen LogP contribution >= 0.6 is 0 Å². The summed E-state index contributed by atoms with van der Waals surface area (Å²) in [5, 5.41) is 8.84. The maximum absolute atomic E-state index is 13.3. The molecule has 3 N–H and O–H groups in total. The van der Waals surface area contributed by atoms with Gasteiger partial charge in [-0.15, -0.1) is 0 Å². The quantitative estimate of drug-likeness (QED) is 0.802. The summed E-state index contributed by atoms with van der Waals surface area (Å²) in [6.07, 6.45) is 0. The lowest BCUT2D eigenvalue weighted by molar-refractivity contribution is -0.139. The summed E-state index contributed by atoms with van der Waals surface area (Å²) in [6, 6.07) is 2.62. The Hall–Kier alpha value is -1.49. The van der Waals surface area contributed by atoms with Gasteiger partial charge < -0.3 is 10.8 Å². The largest absolute Gasteiger partial charge is 0.481 e. The van der Waals surface area contributed by atoms with Crippen LogP contribution in [0.5, 0.6) is 0 Å². The smallest absolute Gasteiger partial charge is 0.312 e. The van der Waals surface area contributed by atoms with Crippen molar-refractivity contribution >= 4 is 5.97 Å². The third kappa shape index (κ3) is 2.30. The molecule has 1 rings (SSSR count). The Kier molecular flexibility index (Phi) is 3.36. The van der Waals surface area contributed by atoms with Crippen molar-refractivity contribution in [2.45, 2.75) is 18.9 Å². The van der Waals surface area contributed by atoms with Gasteiger partial charge in [0.15, 0.2) is 11.6 Å². The Morgan fingerprint density at radius 3 is 2.53 bits per heavy atom. The summed E-state index contributed by atoms with van der Waals surface area (Å²) in [5.74, 6) is -4.73. The number of carbonyl (C=O) groups is 1. The molecule has 0 amide bonds. The molecule has 0 saturated carbocycles. The van der Waals surface area contributed by atoms with Gasteiger partial charge in [0, 0.05) is 11.6 Å². The van der Waals surface area contributed by atoms with E-state index in [1.165, 1.54) is 19.1 Å². The Balaban J connectivity index is 3.23. The molecule has 15 heavy (non-hydrogen) atoms. The van der Waals surface area contributed by atoms with Gasteiger partial charge >= 0.3 is 5.97 Å². The minimum atomic E-state index is -1.27. The standard InChI is InChI=1S/C10H11F2NO2/c1-5(13)8(10(14)15)6-3-2-4-7(11)9(6)12/h2-5,8H,13H2,1H3,(H,14,15). The van der Waals surface area contributed by atoms with Crippen molar-refractivity contribution in [1.82, 2.24) is 0 Å². The third-order valence-corrected chi connectivity index (χ3v) is 2.11. The van der Waals surface area contributed by atoms with Gasteiger partial charge in [-0.3, -0.25) is 4.79 Å². The van der Waals surface area contributed by atoms with E-state index in [9.17, 15) is 13.6 Å². The summed E-state index contributed by atoms with van der Waals surface area (Å²) < 4.78 is 26.1. The molecule has 2 unspecified atom stereocenters. The van der Waals surface area contributed by atoms with Crippen molar-refractivity contribution in [2.75, 3.05) is 0 Å². The molecule has 5 heteroatoms. The Labute approximate surface area is 85.5 Å². The fourth-order valence-electron chi connectivity index (χ4n) is 1.40. The van der Waals surface area contributed by atoms with Crippen molar-refractivity contribution in [3.05, 3.63) is 35.4 Å². The van der Waals surface area contributed by atoms with E-state index < -0.39 is 29.6 Å². The van der Waals surface area contributed by atoms with Crippen molar-refractivity contribution < 1.29 is 18.7 Å². The fraction of sp³-hybridized carbons (Fsp3) is 0.300.